The summed E-state index contributed by atoms with van der Waals surface area (Å²) in [6.45, 7) is 0. The lowest BCUT2D eigenvalue weighted by Gasteiger charge is -1.99. The van der Waals surface area contributed by atoms with Gasteiger partial charge in [0, 0.05) is 12.1 Å². The zero-order valence-electron chi connectivity index (χ0n) is 7.82. The van der Waals surface area contributed by atoms with Crippen LogP contribution in [0.25, 0.3) is 10.6 Å². The summed E-state index contributed by atoms with van der Waals surface area (Å²) >= 11 is 1.05. The zero-order chi connectivity index (χ0) is 11.7. The molecule has 0 unspecified atom stereocenters. The van der Waals surface area contributed by atoms with E-state index in [1.54, 1.807) is 0 Å². The largest absolute Gasteiger partial charge is 0.507 e. The number of hydrogen-bond acceptors (Lipinski definition) is 7. The molecular weight excluding hydrogens is 232 g/mol. The Morgan fingerprint density at radius 2 is 2.19 bits per heavy atom. The lowest BCUT2D eigenvalue weighted by atomic mass is 10.2. The number of nitro groups is 1. The van der Waals surface area contributed by atoms with Gasteiger partial charge in [-0.2, -0.15) is 0 Å². The molecule has 0 saturated carbocycles. The molecule has 82 valence electrons. The molecule has 0 aliphatic carbocycles. The van der Waals surface area contributed by atoms with Crippen LogP contribution >= 0.6 is 11.3 Å². The molecule has 2 aromatic rings. The summed E-state index contributed by atoms with van der Waals surface area (Å²) in [6, 6.07) is 3.68. The van der Waals surface area contributed by atoms with Crippen LogP contribution < -0.4 is 5.73 Å². The Balaban J connectivity index is 2.55. The van der Waals surface area contributed by atoms with Gasteiger partial charge in [0.15, 0.2) is 5.01 Å². The molecule has 0 radical (unpaired) electrons. The number of benzene rings is 1. The van der Waals surface area contributed by atoms with Gasteiger partial charge < -0.3 is 10.8 Å². The summed E-state index contributed by atoms with van der Waals surface area (Å²) in [4.78, 5) is 10.0. The molecule has 1 heterocycles. The van der Waals surface area contributed by atoms with Gasteiger partial charge in [-0.25, -0.2) is 0 Å². The number of nitrogens with two attached hydrogens (primary N) is 1. The fraction of sp³-hybridized carbons (Fsp3) is 0. The van der Waals surface area contributed by atoms with Gasteiger partial charge in [0.05, 0.1) is 10.5 Å². The summed E-state index contributed by atoms with van der Waals surface area (Å²) in [5, 5.41) is 28.0. The maximum atomic E-state index is 10.6. The lowest BCUT2D eigenvalue weighted by molar-refractivity contribution is -0.384. The summed E-state index contributed by atoms with van der Waals surface area (Å²) in [6.07, 6.45) is 0. The maximum Gasteiger partial charge on any atom is 0.270 e. The van der Waals surface area contributed by atoms with Crippen molar-refractivity contribution in [2.45, 2.75) is 0 Å². The molecule has 8 heteroatoms. The zero-order valence-corrected chi connectivity index (χ0v) is 8.64. The van der Waals surface area contributed by atoms with Crippen LogP contribution in [0.5, 0.6) is 5.75 Å². The third-order valence-electron chi connectivity index (χ3n) is 1.86. The quantitative estimate of drug-likeness (QED) is 0.603. The maximum absolute atomic E-state index is 10.6. The van der Waals surface area contributed by atoms with Crippen LogP contribution in [-0.4, -0.2) is 20.2 Å². The van der Waals surface area contributed by atoms with Crippen LogP contribution in [0.2, 0.25) is 0 Å². The number of anilines is 1. The van der Waals surface area contributed by atoms with Gasteiger partial charge in [-0.05, 0) is 6.07 Å². The second-order valence-electron chi connectivity index (χ2n) is 2.90. The van der Waals surface area contributed by atoms with Crippen molar-refractivity contribution in [1.82, 2.24) is 10.2 Å². The number of nitrogen functional groups attached to an aromatic ring is 1. The molecule has 0 saturated heterocycles. The van der Waals surface area contributed by atoms with Crippen molar-refractivity contribution in [2.75, 3.05) is 5.73 Å². The average Bonchev–Trinajstić information content (AvgIpc) is 2.65. The first-order chi connectivity index (χ1) is 7.58. The minimum Gasteiger partial charge on any atom is -0.507 e. The average molecular weight is 238 g/mol. The molecule has 1 aromatic carbocycles. The molecule has 0 fully saturated rings. The fourth-order valence-corrected chi connectivity index (χ4v) is 1.79. The van der Waals surface area contributed by atoms with Crippen molar-refractivity contribution in [3.8, 4) is 16.3 Å². The molecule has 0 atom stereocenters. The van der Waals surface area contributed by atoms with E-state index in [0.29, 0.717) is 5.01 Å². The molecule has 7 nitrogen and oxygen atoms in total. The first kappa shape index (κ1) is 10.3. The van der Waals surface area contributed by atoms with E-state index in [4.69, 9.17) is 5.73 Å². The molecule has 0 amide bonds. The van der Waals surface area contributed by atoms with E-state index in [-0.39, 0.29) is 22.1 Å². The Labute approximate surface area is 93.3 Å². The standard InChI is InChI=1S/C8H6N4O3S/c9-8-11-10-7(16-8)5-3-4(12(14)15)1-2-6(5)13/h1-3,13H,(H2,9,11). The van der Waals surface area contributed by atoms with Gasteiger partial charge in [-0.3, -0.25) is 10.1 Å². The second kappa shape index (κ2) is 3.74. The van der Waals surface area contributed by atoms with E-state index in [1.807, 2.05) is 0 Å². The summed E-state index contributed by atoms with van der Waals surface area (Å²) < 4.78 is 0. The minimum absolute atomic E-state index is 0.0956. The second-order valence-corrected chi connectivity index (χ2v) is 3.91. The number of phenols is 1. The monoisotopic (exact) mass is 238 g/mol. The van der Waals surface area contributed by atoms with Crippen molar-refractivity contribution in [2.24, 2.45) is 0 Å². The van der Waals surface area contributed by atoms with Crippen molar-refractivity contribution in [1.29, 1.82) is 0 Å². The molecule has 16 heavy (non-hydrogen) atoms. The third-order valence-corrected chi connectivity index (χ3v) is 2.65. The SMILES string of the molecule is Nc1nnc(-c2cc([N+](=O)[O-])ccc2O)s1. The molecule has 3 N–H and O–H groups in total. The van der Waals surface area contributed by atoms with Crippen molar-refractivity contribution in [3.05, 3.63) is 28.3 Å². The number of phenolic OH excluding ortho intramolecular Hbond substituents is 1. The van der Waals surface area contributed by atoms with E-state index in [0.717, 1.165) is 11.3 Å². The number of hydrogen-bond donors (Lipinski definition) is 2. The smallest absolute Gasteiger partial charge is 0.270 e. The lowest BCUT2D eigenvalue weighted by Crippen LogP contribution is -1.88. The minimum atomic E-state index is -0.548. The normalized spacial score (nSPS) is 10.2. The summed E-state index contributed by atoms with van der Waals surface area (Å²) in [7, 11) is 0. The highest BCUT2D eigenvalue weighted by molar-refractivity contribution is 7.18. The highest BCUT2D eigenvalue weighted by Crippen LogP contribution is 2.34. The van der Waals surface area contributed by atoms with Crippen LogP contribution in [0.4, 0.5) is 10.8 Å². The van der Waals surface area contributed by atoms with Crippen molar-refractivity contribution >= 4 is 22.2 Å². The van der Waals surface area contributed by atoms with E-state index in [1.165, 1.54) is 18.2 Å². The van der Waals surface area contributed by atoms with Gasteiger partial charge in [-0.15, -0.1) is 10.2 Å². The van der Waals surface area contributed by atoms with Crippen LogP contribution in [-0.2, 0) is 0 Å². The number of nitrogens with zero attached hydrogens (tertiary/aromatic N) is 3. The van der Waals surface area contributed by atoms with Gasteiger partial charge in [0.2, 0.25) is 5.13 Å². The first-order valence-corrected chi connectivity index (χ1v) is 4.96. The van der Waals surface area contributed by atoms with E-state index in [9.17, 15) is 15.2 Å². The summed E-state index contributed by atoms with van der Waals surface area (Å²) in [5.41, 5.74) is 5.52. The van der Waals surface area contributed by atoms with Crippen LogP contribution in [0.1, 0.15) is 0 Å². The number of rotatable bonds is 2. The molecule has 0 aliphatic rings. The van der Waals surface area contributed by atoms with Gasteiger partial charge in [0.25, 0.3) is 5.69 Å². The van der Waals surface area contributed by atoms with Crippen molar-refractivity contribution < 1.29 is 10.0 Å². The topological polar surface area (TPSA) is 115 Å². The Morgan fingerprint density at radius 3 is 2.75 bits per heavy atom. The fourth-order valence-electron chi connectivity index (χ4n) is 1.15. The number of nitro benzene ring substituents is 1. The molecule has 2 rings (SSSR count). The highest BCUT2D eigenvalue weighted by Gasteiger charge is 2.14. The number of aromatic hydroxyl groups is 1. The Hall–Kier alpha value is -2.22. The van der Waals surface area contributed by atoms with E-state index in [2.05, 4.69) is 10.2 Å². The third kappa shape index (κ3) is 1.77. The Bertz CT molecular complexity index is 554. The Morgan fingerprint density at radius 1 is 1.44 bits per heavy atom. The number of aromatic nitrogens is 2. The highest BCUT2D eigenvalue weighted by atomic mass is 32.1. The van der Waals surface area contributed by atoms with Gasteiger partial charge >= 0.3 is 0 Å². The molecule has 0 aliphatic heterocycles. The van der Waals surface area contributed by atoms with Gasteiger partial charge in [0.1, 0.15) is 5.75 Å². The van der Waals surface area contributed by atoms with Crippen LogP contribution in [0.15, 0.2) is 18.2 Å². The first-order valence-electron chi connectivity index (χ1n) is 4.14. The Kier molecular flexibility index (Phi) is 2.41. The molecule has 0 spiro atoms. The number of non-ortho nitro benzene ring substituents is 1. The predicted octanol–water partition coefficient (Wildman–Crippen LogP) is 1.40. The van der Waals surface area contributed by atoms with Crippen LogP contribution in [0, 0.1) is 10.1 Å². The molecule has 0 bridgehead atoms. The molecule has 1 aromatic heterocycles. The van der Waals surface area contributed by atoms with Crippen molar-refractivity contribution in [3.63, 3.8) is 0 Å². The predicted molar refractivity (Wildman–Crippen MR) is 58.1 cm³/mol. The van der Waals surface area contributed by atoms with E-state index >= 15 is 0 Å². The summed E-state index contributed by atoms with van der Waals surface area (Å²) in [5.74, 6) is -0.0956. The molecular formula is C8H6N4O3S. The van der Waals surface area contributed by atoms with Gasteiger partial charge in [-0.1, -0.05) is 11.3 Å². The van der Waals surface area contributed by atoms with E-state index < -0.39 is 4.92 Å². The van der Waals surface area contributed by atoms with Crippen LogP contribution in [0.3, 0.4) is 0 Å².